The molecule has 7 heteroatoms. The number of nitrogens with zero attached hydrogens (tertiary/aromatic N) is 1. The highest BCUT2D eigenvalue weighted by atomic mass is 32.2. The molecule has 1 aromatic heterocycles. The fourth-order valence-corrected chi connectivity index (χ4v) is 3.87. The van der Waals surface area contributed by atoms with Crippen LogP contribution in [0.25, 0.3) is 0 Å². The molecule has 0 bridgehead atoms. The number of benzene rings is 1. The monoisotopic (exact) mass is 411 g/mol. The topological polar surface area (TPSA) is 49.8 Å². The van der Waals surface area contributed by atoms with Crippen LogP contribution in [0.2, 0.25) is 0 Å². The van der Waals surface area contributed by atoms with Gasteiger partial charge in [0.2, 0.25) is 0 Å². The van der Waals surface area contributed by atoms with Crippen molar-refractivity contribution in [2.24, 2.45) is 0 Å². The van der Waals surface area contributed by atoms with Gasteiger partial charge in [0.1, 0.15) is 5.75 Å². The van der Waals surface area contributed by atoms with E-state index in [0.29, 0.717) is 33.0 Å². The van der Waals surface area contributed by atoms with Crippen LogP contribution in [0, 0.1) is 6.92 Å². The van der Waals surface area contributed by atoms with Crippen molar-refractivity contribution in [1.82, 2.24) is 4.98 Å². The molecule has 0 aliphatic heterocycles. The lowest BCUT2D eigenvalue weighted by Crippen LogP contribution is -2.11. The van der Waals surface area contributed by atoms with Crippen molar-refractivity contribution in [3.8, 4) is 5.75 Å². The van der Waals surface area contributed by atoms with Crippen LogP contribution in [0.4, 0.5) is 0 Å². The Bertz CT molecular complexity index is 619. The summed E-state index contributed by atoms with van der Waals surface area (Å²) in [5.74, 6) is 2.86. The minimum absolute atomic E-state index is 0.608. The molecule has 1 aromatic carbocycles. The maximum Gasteiger partial charge on any atom is 0.118 e. The number of ether oxygens (including phenoxy) is 4. The zero-order valence-corrected chi connectivity index (χ0v) is 17.8. The smallest absolute Gasteiger partial charge is 0.118 e. The van der Waals surface area contributed by atoms with Crippen LogP contribution in [-0.2, 0) is 26.4 Å². The van der Waals surface area contributed by atoms with E-state index in [4.69, 9.17) is 18.9 Å². The van der Waals surface area contributed by atoms with Gasteiger partial charge in [-0.1, -0.05) is 12.1 Å². The average Bonchev–Trinajstić information content (AvgIpc) is 3.10. The first-order chi connectivity index (χ1) is 13.3. The van der Waals surface area contributed by atoms with E-state index in [-0.39, 0.29) is 0 Å². The van der Waals surface area contributed by atoms with E-state index in [2.05, 4.69) is 17.1 Å². The van der Waals surface area contributed by atoms with Crippen LogP contribution >= 0.6 is 23.1 Å². The van der Waals surface area contributed by atoms with Crippen molar-refractivity contribution in [3.63, 3.8) is 0 Å². The second kappa shape index (κ2) is 14.0. The average molecular weight is 412 g/mol. The second-order valence-corrected chi connectivity index (χ2v) is 7.89. The minimum atomic E-state index is 0.608. The van der Waals surface area contributed by atoms with Gasteiger partial charge in [-0.05, 0) is 24.6 Å². The van der Waals surface area contributed by atoms with E-state index in [1.807, 2.05) is 36.3 Å². The molecule has 0 saturated carbocycles. The molecular weight excluding hydrogens is 382 g/mol. The number of rotatable bonds is 15. The van der Waals surface area contributed by atoms with Gasteiger partial charge in [0, 0.05) is 22.8 Å². The first-order valence-electron chi connectivity index (χ1n) is 9.12. The molecule has 1 heterocycles. The van der Waals surface area contributed by atoms with Crippen LogP contribution in [0.5, 0.6) is 5.75 Å². The SMILES string of the molecule is COc1ccc(CSCCOCCOCCOCCc2scnc2C)cc1. The molecule has 0 spiro atoms. The van der Waals surface area contributed by atoms with Crippen LogP contribution in [0.15, 0.2) is 29.8 Å². The first kappa shape index (κ1) is 22.2. The summed E-state index contributed by atoms with van der Waals surface area (Å²) >= 11 is 3.55. The third-order valence-electron chi connectivity index (χ3n) is 3.86. The van der Waals surface area contributed by atoms with Crippen molar-refractivity contribution in [3.05, 3.63) is 45.9 Å². The Kier molecular flexibility index (Phi) is 11.5. The van der Waals surface area contributed by atoms with Crippen LogP contribution in [0.3, 0.4) is 0 Å². The van der Waals surface area contributed by atoms with Gasteiger partial charge in [0.05, 0.1) is 58.0 Å². The van der Waals surface area contributed by atoms with Crippen LogP contribution < -0.4 is 4.74 Å². The zero-order valence-electron chi connectivity index (χ0n) is 16.1. The van der Waals surface area contributed by atoms with E-state index in [1.54, 1.807) is 18.4 Å². The Hall–Kier alpha value is -1.12. The highest BCUT2D eigenvalue weighted by Gasteiger charge is 2.01. The molecule has 0 amide bonds. The number of thioether (sulfide) groups is 1. The maximum atomic E-state index is 5.59. The molecule has 0 radical (unpaired) electrons. The molecule has 5 nitrogen and oxygen atoms in total. The number of aryl methyl sites for hydroxylation is 1. The summed E-state index contributed by atoms with van der Waals surface area (Å²) in [7, 11) is 1.68. The summed E-state index contributed by atoms with van der Waals surface area (Å²) in [6, 6.07) is 8.18. The molecule has 2 aromatic rings. The molecule has 0 aliphatic carbocycles. The number of methoxy groups -OCH3 is 1. The number of hydrogen-bond acceptors (Lipinski definition) is 7. The molecular formula is C20H29NO4S2. The van der Waals surface area contributed by atoms with E-state index < -0.39 is 0 Å². The Labute approximate surface area is 170 Å². The van der Waals surface area contributed by atoms with Crippen LogP contribution in [0.1, 0.15) is 16.1 Å². The first-order valence-corrected chi connectivity index (χ1v) is 11.2. The lowest BCUT2D eigenvalue weighted by molar-refractivity contribution is 0.0181. The van der Waals surface area contributed by atoms with Crippen molar-refractivity contribution >= 4 is 23.1 Å². The van der Waals surface area contributed by atoms with E-state index >= 15 is 0 Å². The zero-order chi connectivity index (χ0) is 19.2. The summed E-state index contributed by atoms with van der Waals surface area (Å²) in [4.78, 5) is 5.53. The largest absolute Gasteiger partial charge is 0.497 e. The fourth-order valence-electron chi connectivity index (χ4n) is 2.30. The molecule has 0 saturated heterocycles. The van der Waals surface area contributed by atoms with Gasteiger partial charge in [-0.3, -0.25) is 0 Å². The maximum absolute atomic E-state index is 5.59. The number of thiazole rings is 1. The molecule has 0 fully saturated rings. The molecule has 150 valence electrons. The normalized spacial score (nSPS) is 11.0. The summed E-state index contributed by atoms with van der Waals surface area (Å²) in [6.07, 6.45) is 0.924. The molecule has 0 N–H and O–H groups in total. The number of hydrogen-bond donors (Lipinski definition) is 0. The summed E-state index contributed by atoms with van der Waals surface area (Å²) in [5, 5.41) is 0. The highest BCUT2D eigenvalue weighted by Crippen LogP contribution is 2.16. The van der Waals surface area contributed by atoms with E-state index in [9.17, 15) is 0 Å². The van der Waals surface area contributed by atoms with E-state index in [0.717, 1.165) is 36.0 Å². The van der Waals surface area contributed by atoms with Gasteiger partial charge < -0.3 is 18.9 Å². The Morgan fingerprint density at radius 2 is 1.59 bits per heavy atom. The summed E-state index contributed by atoms with van der Waals surface area (Å²) in [5.41, 5.74) is 4.29. The molecule has 2 rings (SSSR count). The second-order valence-electron chi connectivity index (χ2n) is 5.85. The molecule has 0 aliphatic rings. The minimum Gasteiger partial charge on any atom is -0.497 e. The van der Waals surface area contributed by atoms with Gasteiger partial charge in [-0.15, -0.1) is 11.3 Å². The Balaban J connectivity index is 1.33. The predicted octanol–water partition coefficient (Wildman–Crippen LogP) is 3.99. The van der Waals surface area contributed by atoms with E-state index in [1.165, 1.54) is 10.4 Å². The van der Waals surface area contributed by atoms with Gasteiger partial charge in [-0.2, -0.15) is 11.8 Å². The lowest BCUT2D eigenvalue weighted by Gasteiger charge is -2.07. The fraction of sp³-hybridized carbons (Fsp3) is 0.550. The molecule has 27 heavy (non-hydrogen) atoms. The van der Waals surface area contributed by atoms with Gasteiger partial charge in [-0.25, -0.2) is 4.98 Å². The third-order valence-corrected chi connectivity index (χ3v) is 5.85. The number of aromatic nitrogens is 1. The Morgan fingerprint density at radius 3 is 2.22 bits per heavy atom. The predicted molar refractivity (Wildman–Crippen MR) is 112 cm³/mol. The standard InChI is InChI=1S/C20H29NO4S2/c1-17-20(27-16-21-17)7-8-23-9-10-24-11-12-25-13-14-26-15-18-3-5-19(22-2)6-4-18/h3-6,16H,7-15H2,1-2H3. The lowest BCUT2D eigenvalue weighted by atomic mass is 10.2. The van der Waals surface area contributed by atoms with Crippen LogP contribution in [-0.4, -0.2) is 57.5 Å². The molecule has 0 atom stereocenters. The van der Waals surface area contributed by atoms with Gasteiger partial charge in [0.25, 0.3) is 0 Å². The van der Waals surface area contributed by atoms with Crippen molar-refractivity contribution < 1.29 is 18.9 Å². The van der Waals surface area contributed by atoms with Gasteiger partial charge >= 0.3 is 0 Å². The van der Waals surface area contributed by atoms with Crippen molar-refractivity contribution in [1.29, 1.82) is 0 Å². The molecule has 0 unspecified atom stereocenters. The van der Waals surface area contributed by atoms with Crippen molar-refractivity contribution in [2.45, 2.75) is 19.1 Å². The quantitative estimate of drug-likeness (QED) is 0.413. The third kappa shape index (κ3) is 9.58. The highest BCUT2D eigenvalue weighted by molar-refractivity contribution is 7.98. The summed E-state index contributed by atoms with van der Waals surface area (Å²) in [6.45, 7) is 5.96. The Morgan fingerprint density at radius 1 is 0.926 bits per heavy atom. The van der Waals surface area contributed by atoms with Gasteiger partial charge in [0.15, 0.2) is 0 Å². The summed E-state index contributed by atoms with van der Waals surface area (Å²) < 4.78 is 21.8. The van der Waals surface area contributed by atoms with Crippen molar-refractivity contribution in [2.75, 3.05) is 52.5 Å².